The summed E-state index contributed by atoms with van der Waals surface area (Å²) < 4.78 is 22.6. The van der Waals surface area contributed by atoms with Crippen molar-refractivity contribution in [2.45, 2.75) is 13.3 Å². The molecule has 0 radical (unpaired) electrons. The molecule has 0 aliphatic carbocycles. The van der Waals surface area contributed by atoms with E-state index in [4.69, 9.17) is 0 Å². The molecule has 2 rings (SSSR count). The summed E-state index contributed by atoms with van der Waals surface area (Å²) in [6, 6.07) is 7.36. The quantitative estimate of drug-likeness (QED) is 0.894. The molecule has 98 valence electrons. The number of hydrogen-bond acceptors (Lipinski definition) is 3. The van der Waals surface area contributed by atoms with E-state index in [0.717, 1.165) is 5.56 Å². The number of amides is 1. The highest BCUT2D eigenvalue weighted by Gasteiger charge is 2.28. The van der Waals surface area contributed by atoms with E-state index in [1.54, 1.807) is 6.07 Å². The fourth-order valence-electron chi connectivity index (χ4n) is 2.19. The maximum Gasteiger partial charge on any atom is 0.251 e. The van der Waals surface area contributed by atoms with Crippen LogP contribution in [0.4, 0.5) is 0 Å². The molecule has 18 heavy (non-hydrogen) atoms. The minimum absolute atomic E-state index is 0.0583. The third-order valence-corrected chi connectivity index (χ3v) is 5.10. The van der Waals surface area contributed by atoms with Crippen molar-refractivity contribution < 1.29 is 13.2 Å². The first-order valence-corrected chi connectivity index (χ1v) is 7.84. The van der Waals surface area contributed by atoms with Crippen LogP contribution in [0.25, 0.3) is 0 Å². The molecule has 4 nitrogen and oxygen atoms in total. The van der Waals surface area contributed by atoms with Crippen LogP contribution in [0.15, 0.2) is 24.3 Å². The van der Waals surface area contributed by atoms with Gasteiger partial charge in [-0.15, -0.1) is 0 Å². The molecule has 1 aliphatic rings. The summed E-state index contributed by atoms with van der Waals surface area (Å²) in [5, 5.41) is 2.82. The van der Waals surface area contributed by atoms with Crippen LogP contribution in [0.1, 0.15) is 22.3 Å². The number of hydrogen-bond donors (Lipinski definition) is 1. The van der Waals surface area contributed by atoms with Gasteiger partial charge in [-0.2, -0.15) is 0 Å². The van der Waals surface area contributed by atoms with E-state index in [0.29, 0.717) is 18.5 Å². The van der Waals surface area contributed by atoms with E-state index in [2.05, 4.69) is 5.32 Å². The van der Waals surface area contributed by atoms with Gasteiger partial charge in [-0.05, 0) is 30.9 Å². The Balaban J connectivity index is 1.92. The van der Waals surface area contributed by atoms with E-state index in [9.17, 15) is 13.2 Å². The fraction of sp³-hybridized carbons (Fsp3) is 0.462. The second-order valence-electron chi connectivity index (χ2n) is 4.79. The van der Waals surface area contributed by atoms with Gasteiger partial charge in [-0.3, -0.25) is 4.79 Å². The van der Waals surface area contributed by atoms with Crippen LogP contribution >= 0.6 is 0 Å². The van der Waals surface area contributed by atoms with Crippen molar-refractivity contribution in [3.05, 3.63) is 35.4 Å². The van der Waals surface area contributed by atoms with Gasteiger partial charge in [0.25, 0.3) is 5.91 Å². The molecule has 0 aromatic heterocycles. The third-order valence-electron chi connectivity index (χ3n) is 3.27. The molecule has 1 unspecified atom stereocenters. The van der Waals surface area contributed by atoms with Gasteiger partial charge < -0.3 is 5.32 Å². The van der Waals surface area contributed by atoms with Crippen LogP contribution < -0.4 is 5.32 Å². The highest BCUT2D eigenvalue weighted by molar-refractivity contribution is 7.91. The van der Waals surface area contributed by atoms with E-state index in [-0.39, 0.29) is 23.3 Å². The average Bonchev–Trinajstić information content (AvgIpc) is 2.66. The summed E-state index contributed by atoms with van der Waals surface area (Å²) in [6.07, 6.45) is 0.649. The number of carbonyl (C=O) groups is 1. The Labute approximate surface area is 107 Å². The lowest BCUT2D eigenvalue weighted by molar-refractivity contribution is 0.0948. The van der Waals surface area contributed by atoms with Gasteiger partial charge in [0.1, 0.15) is 0 Å². The summed E-state index contributed by atoms with van der Waals surface area (Å²) >= 11 is 0. The highest BCUT2D eigenvalue weighted by Crippen LogP contribution is 2.17. The first kappa shape index (κ1) is 13.1. The molecule has 0 saturated carbocycles. The zero-order valence-electron chi connectivity index (χ0n) is 10.3. The fourth-order valence-corrected chi connectivity index (χ4v) is 4.05. The Morgan fingerprint density at radius 3 is 2.72 bits per heavy atom. The van der Waals surface area contributed by atoms with E-state index in [1.165, 1.54) is 0 Å². The third kappa shape index (κ3) is 3.10. The van der Waals surface area contributed by atoms with E-state index in [1.807, 2.05) is 25.1 Å². The van der Waals surface area contributed by atoms with E-state index >= 15 is 0 Å². The lowest BCUT2D eigenvalue weighted by Gasteiger charge is -2.10. The number of sulfone groups is 1. The summed E-state index contributed by atoms with van der Waals surface area (Å²) in [4.78, 5) is 11.9. The van der Waals surface area contributed by atoms with Crippen molar-refractivity contribution in [1.29, 1.82) is 0 Å². The first-order chi connectivity index (χ1) is 8.48. The van der Waals surface area contributed by atoms with E-state index < -0.39 is 9.84 Å². The molecule has 1 aromatic rings. The lowest BCUT2D eigenvalue weighted by atomic mass is 10.1. The number of rotatable bonds is 3. The van der Waals surface area contributed by atoms with Crippen LogP contribution in [0.2, 0.25) is 0 Å². The van der Waals surface area contributed by atoms with Crippen LogP contribution in [0.3, 0.4) is 0 Å². The van der Waals surface area contributed by atoms with Crippen molar-refractivity contribution in [2.75, 3.05) is 18.1 Å². The molecule has 1 N–H and O–H groups in total. The number of benzene rings is 1. The molecular weight excluding hydrogens is 250 g/mol. The molecule has 1 aliphatic heterocycles. The van der Waals surface area contributed by atoms with Crippen LogP contribution in [0.5, 0.6) is 0 Å². The molecule has 1 atom stereocenters. The Bertz CT molecular complexity index is 551. The van der Waals surface area contributed by atoms with Gasteiger partial charge >= 0.3 is 0 Å². The van der Waals surface area contributed by atoms with Gasteiger partial charge in [0.15, 0.2) is 9.84 Å². The number of carbonyl (C=O) groups excluding carboxylic acids is 1. The van der Waals surface area contributed by atoms with Crippen LogP contribution in [-0.2, 0) is 9.84 Å². The average molecular weight is 267 g/mol. The Morgan fingerprint density at radius 1 is 1.39 bits per heavy atom. The predicted octanol–water partition coefficient (Wildman–Crippen LogP) is 1.16. The normalized spacial score (nSPS) is 21.7. The highest BCUT2D eigenvalue weighted by atomic mass is 32.2. The second kappa shape index (κ2) is 5.10. The second-order valence-corrected chi connectivity index (χ2v) is 7.02. The minimum atomic E-state index is -2.87. The number of aryl methyl sites for hydroxylation is 1. The molecule has 1 aromatic carbocycles. The molecule has 1 heterocycles. The first-order valence-electron chi connectivity index (χ1n) is 6.02. The Kier molecular flexibility index (Phi) is 3.71. The maximum absolute atomic E-state index is 11.9. The smallest absolute Gasteiger partial charge is 0.251 e. The topological polar surface area (TPSA) is 63.2 Å². The summed E-state index contributed by atoms with van der Waals surface area (Å²) in [6.45, 7) is 2.32. The molecule has 0 spiro atoms. The van der Waals surface area contributed by atoms with Gasteiger partial charge in [0.05, 0.1) is 11.5 Å². The van der Waals surface area contributed by atoms with Gasteiger partial charge in [0.2, 0.25) is 0 Å². The minimum Gasteiger partial charge on any atom is -0.352 e. The SMILES string of the molecule is Cc1ccccc1C(=O)NCC1CCS(=O)(=O)C1. The largest absolute Gasteiger partial charge is 0.352 e. The van der Waals surface area contributed by atoms with Crippen molar-refractivity contribution >= 4 is 15.7 Å². The molecular formula is C13H17NO3S. The van der Waals surface area contributed by atoms with Crippen molar-refractivity contribution in [3.63, 3.8) is 0 Å². The van der Waals surface area contributed by atoms with Crippen molar-refractivity contribution in [1.82, 2.24) is 5.32 Å². The van der Waals surface area contributed by atoms with Gasteiger partial charge in [0, 0.05) is 12.1 Å². The molecule has 1 amide bonds. The van der Waals surface area contributed by atoms with Crippen molar-refractivity contribution in [3.8, 4) is 0 Å². The Morgan fingerprint density at radius 2 is 2.11 bits per heavy atom. The summed E-state index contributed by atoms with van der Waals surface area (Å²) in [5.74, 6) is 0.374. The Hall–Kier alpha value is -1.36. The number of nitrogens with one attached hydrogen (secondary N) is 1. The molecule has 0 bridgehead atoms. The van der Waals surface area contributed by atoms with Crippen LogP contribution in [0, 0.1) is 12.8 Å². The monoisotopic (exact) mass is 267 g/mol. The lowest BCUT2D eigenvalue weighted by Crippen LogP contribution is -2.30. The van der Waals surface area contributed by atoms with Gasteiger partial charge in [-0.1, -0.05) is 18.2 Å². The predicted molar refractivity (Wildman–Crippen MR) is 70.3 cm³/mol. The zero-order chi connectivity index (χ0) is 13.2. The molecule has 1 saturated heterocycles. The van der Waals surface area contributed by atoms with Crippen LogP contribution in [-0.4, -0.2) is 32.4 Å². The summed E-state index contributed by atoms with van der Waals surface area (Å²) in [7, 11) is -2.87. The van der Waals surface area contributed by atoms with Gasteiger partial charge in [-0.25, -0.2) is 8.42 Å². The zero-order valence-corrected chi connectivity index (χ0v) is 11.2. The summed E-state index contributed by atoms with van der Waals surface area (Å²) in [5.41, 5.74) is 1.58. The standard InChI is InChI=1S/C13H17NO3S/c1-10-4-2-3-5-12(10)13(15)14-8-11-6-7-18(16,17)9-11/h2-5,11H,6-9H2,1H3,(H,14,15). The molecule has 5 heteroatoms. The molecule has 1 fully saturated rings. The maximum atomic E-state index is 11.9. The van der Waals surface area contributed by atoms with Crippen molar-refractivity contribution in [2.24, 2.45) is 5.92 Å².